The normalized spacial score (nSPS) is 21.4. The predicted molar refractivity (Wildman–Crippen MR) is 74.3 cm³/mol. The number of esters is 3. The lowest BCUT2D eigenvalue weighted by molar-refractivity contribution is -0.191. The van der Waals surface area contributed by atoms with Crippen LogP contribution in [0.5, 0.6) is 0 Å². The van der Waals surface area contributed by atoms with E-state index in [2.05, 4.69) is 0 Å². The van der Waals surface area contributed by atoms with Gasteiger partial charge >= 0.3 is 17.9 Å². The lowest BCUT2D eigenvalue weighted by atomic mass is 9.90. The Morgan fingerprint density at radius 3 is 2.24 bits per heavy atom. The maximum atomic E-state index is 12.2. The van der Waals surface area contributed by atoms with Crippen LogP contribution in [0.1, 0.15) is 53.9 Å². The van der Waals surface area contributed by atoms with Gasteiger partial charge in [-0.2, -0.15) is 0 Å². The highest BCUT2D eigenvalue weighted by atomic mass is 16.6. The first-order valence-electron chi connectivity index (χ1n) is 7.27. The number of hydrogen-bond donors (Lipinski definition) is 0. The fraction of sp³-hybridized carbons (Fsp3) is 0.800. The van der Waals surface area contributed by atoms with Crippen LogP contribution in [0.15, 0.2) is 0 Å². The number of hydrogen-bond acceptors (Lipinski definition) is 6. The van der Waals surface area contributed by atoms with E-state index in [1.54, 1.807) is 20.8 Å². The summed E-state index contributed by atoms with van der Waals surface area (Å²) >= 11 is 0. The van der Waals surface area contributed by atoms with Gasteiger partial charge in [0, 0.05) is 6.42 Å². The summed E-state index contributed by atoms with van der Waals surface area (Å²) in [5.74, 6) is -1.73. The largest absolute Gasteiger partial charge is 0.463 e. The van der Waals surface area contributed by atoms with Crippen LogP contribution in [0.25, 0.3) is 0 Å². The van der Waals surface area contributed by atoms with E-state index in [0.717, 1.165) is 0 Å². The van der Waals surface area contributed by atoms with E-state index in [0.29, 0.717) is 12.8 Å². The molecular formula is C15H24O6. The molecule has 1 saturated heterocycles. The minimum Gasteiger partial charge on any atom is -0.463 e. The van der Waals surface area contributed by atoms with Gasteiger partial charge in [-0.3, -0.25) is 4.79 Å². The fourth-order valence-electron chi connectivity index (χ4n) is 1.58. The van der Waals surface area contributed by atoms with E-state index in [4.69, 9.17) is 14.2 Å². The molecule has 120 valence electrons. The Morgan fingerprint density at radius 1 is 1.19 bits per heavy atom. The minimum atomic E-state index is -1.40. The van der Waals surface area contributed by atoms with Gasteiger partial charge in [-0.1, -0.05) is 13.8 Å². The molecule has 1 rings (SSSR count). The van der Waals surface area contributed by atoms with Crippen LogP contribution in [0.4, 0.5) is 0 Å². The summed E-state index contributed by atoms with van der Waals surface area (Å²) in [5.41, 5.74) is -2.07. The topological polar surface area (TPSA) is 78.9 Å². The molecule has 1 aliphatic heterocycles. The van der Waals surface area contributed by atoms with Gasteiger partial charge in [0.2, 0.25) is 11.7 Å². The zero-order valence-corrected chi connectivity index (χ0v) is 13.4. The maximum Gasteiger partial charge on any atom is 0.351 e. The molecular weight excluding hydrogens is 276 g/mol. The highest BCUT2D eigenvalue weighted by Crippen LogP contribution is 2.28. The van der Waals surface area contributed by atoms with Gasteiger partial charge in [0.15, 0.2) is 0 Å². The van der Waals surface area contributed by atoms with Crippen LogP contribution < -0.4 is 0 Å². The summed E-state index contributed by atoms with van der Waals surface area (Å²) in [6.07, 6.45) is 0.286. The van der Waals surface area contributed by atoms with Crippen LogP contribution in [0.2, 0.25) is 0 Å². The molecule has 0 N–H and O–H groups in total. The third-order valence-electron chi connectivity index (χ3n) is 4.00. The standard InChI is InChI=1S/C15H24O6/c1-6-14(3,4)12(17)21-15(5,7-2)13(18)20-10-8-9-19-11(10)16/h10H,6-9H2,1-5H3. The lowest BCUT2D eigenvalue weighted by Gasteiger charge is -2.31. The average molecular weight is 300 g/mol. The number of rotatable bonds is 6. The second kappa shape index (κ2) is 6.45. The Bertz CT molecular complexity index is 428. The summed E-state index contributed by atoms with van der Waals surface area (Å²) in [4.78, 5) is 35.7. The molecule has 1 aliphatic rings. The summed E-state index contributed by atoms with van der Waals surface area (Å²) in [5, 5.41) is 0. The third-order valence-corrected chi connectivity index (χ3v) is 4.00. The van der Waals surface area contributed by atoms with Gasteiger partial charge in [0.25, 0.3) is 0 Å². The highest BCUT2D eigenvalue weighted by Gasteiger charge is 2.43. The van der Waals surface area contributed by atoms with Gasteiger partial charge in [-0.05, 0) is 33.6 Å². The van der Waals surface area contributed by atoms with Gasteiger partial charge < -0.3 is 14.2 Å². The zero-order valence-electron chi connectivity index (χ0n) is 13.4. The summed E-state index contributed by atoms with van der Waals surface area (Å²) < 4.78 is 15.3. The predicted octanol–water partition coefficient (Wildman–Crippen LogP) is 1.99. The molecule has 0 saturated carbocycles. The summed E-state index contributed by atoms with van der Waals surface area (Å²) in [6, 6.07) is 0. The van der Waals surface area contributed by atoms with Crippen molar-refractivity contribution < 1.29 is 28.6 Å². The van der Waals surface area contributed by atoms with Crippen molar-refractivity contribution in [3.8, 4) is 0 Å². The van der Waals surface area contributed by atoms with Crippen molar-refractivity contribution >= 4 is 17.9 Å². The smallest absolute Gasteiger partial charge is 0.351 e. The Kier molecular flexibility index (Phi) is 5.36. The van der Waals surface area contributed by atoms with Gasteiger partial charge in [0.05, 0.1) is 12.0 Å². The average Bonchev–Trinajstić information content (AvgIpc) is 2.83. The molecule has 0 aliphatic carbocycles. The molecule has 0 amide bonds. The second-order valence-electron chi connectivity index (χ2n) is 6.06. The van der Waals surface area contributed by atoms with E-state index in [-0.39, 0.29) is 13.0 Å². The molecule has 1 fully saturated rings. The number of ether oxygens (including phenoxy) is 3. The third kappa shape index (κ3) is 3.95. The molecule has 0 aromatic carbocycles. The molecule has 0 aromatic heterocycles. The van der Waals surface area contributed by atoms with Crippen molar-refractivity contribution in [3.63, 3.8) is 0 Å². The Labute approximate surface area is 125 Å². The first kappa shape index (κ1) is 17.5. The van der Waals surface area contributed by atoms with E-state index in [9.17, 15) is 14.4 Å². The van der Waals surface area contributed by atoms with Crippen molar-refractivity contribution in [2.24, 2.45) is 5.41 Å². The SMILES string of the molecule is CCC(C)(C)C(=O)OC(C)(CC)C(=O)OC1CCOC1=O. The molecule has 2 atom stereocenters. The van der Waals surface area contributed by atoms with Gasteiger partial charge in [0.1, 0.15) is 0 Å². The lowest BCUT2D eigenvalue weighted by Crippen LogP contribution is -2.45. The van der Waals surface area contributed by atoms with Crippen LogP contribution in [0.3, 0.4) is 0 Å². The number of carbonyl (C=O) groups is 3. The Morgan fingerprint density at radius 2 is 1.81 bits per heavy atom. The highest BCUT2D eigenvalue weighted by molar-refractivity contribution is 5.87. The van der Waals surface area contributed by atoms with Crippen LogP contribution in [-0.4, -0.2) is 36.2 Å². The first-order valence-corrected chi connectivity index (χ1v) is 7.27. The van der Waals surface area contributed by atoms with Gasteiger partial charge in [-0.25, -0.2) is 9.59 Å². The van der Waals surface area contributed by atoms with Gasteiger partial charge in [-0.15, -0.1) is 0 Å². The minimum absolute atomic E-state index is 0.238. The maximum absolute atomic E-state index is 12.2. The molecule has 1 heterocycles. The van der Waals surface area contributed by atoms with Crippen LogP contribution in [0, 0.1) is 5.41 Å². The van der Waals surface area contributed by atoms with Crippen molar-refractivity contribution in [1.29, 1.82) is 0 Å². The molecule has 21 heavy (non-hydrogen) atoms. The van der Waals surface area contributed by atoms with Crippen LogP contribution >= 0.6 is 0 Å². The number of carbonyl (C=O) groups excluding carboxylic acids is 3. The molecule has 0 bridgehead atoms. The van der Waals surface area contributed by atoms with Crippen LogP contribution in [-0.2, 0) is 28.6 Å². The molecule has 0 spiro atoms. The van der Waals surface area contributed by atoms with Crippen molar-refractivity contribution in [1.82, 2.24) is 0 Å². The summed E-state index contributed by atoms with van der Waals surface area (Å²) in [7, 11) is 0. The second-order valence-corrected chi connectivity index (χ2v) is 6.06. The molecule has 6 heteroatoms. The molecule has 0 radical (unpaired) electrons. The van der Waals surface area contributed by atoms with Crippen molar-refractivity contribution in [2.45, 2.75) is 65.6 Å². The van der Waals surface area contributed by atoms with E-state index < -0.39 is 35.0 Å². The fourth-order valence-corrected chi connectivity index (χ4v) is 1.58. The van der Waals surface area contributed by atoms with Crippen molar-refractivity contribution in [2.75, 3.05) is 6.61 Å². The first-order chi connectivity index (χ1) is 9.66. The number of cyclic esters (lactones) is 1. The van der Waals surface area contributed by atoms with E-state index in [1.807, 2.05) is 6.92 Å². The quantitative estimate of drug-likeness (QED) is 0.551. The summed E-state index contributed by atoms with van der Waals surface area (Å²) in [6.45, 7) is 8.84. The zero-order chi connectivity index (χ0) is 16.3. The Hall–Kier alpha value is -1.59. The Balaban J connectivity index is 2.76. The molecule has 6 nitrogen and oxygen atoms in total. The monoisotopic (exact) mass is 300 g/mol. The molecule has 2 unspecified atom stereocenters. The van der Waals surface area contributed by atoms with E-state index in [1.165, 1.54) is 6.92 Å². The molecule has 0 aromatic rings. The van der Waals surface area contributed by atoms with Crippen molar-refractivity contribution in [3.05, 3.63) is 0 Å². The van der Waals surface area contributed by atoms with E-state index >= 15 is 0 Å².